The Balaban J connectivity index is 1.82. The molecule has 2 aromatic carbocycles. The first-order chi connectivity index (χ1) is 11.6. The van der Waals surface area contributed by atoms with Crippen LogP contribution in [0.25, 0.3) is 0 Å². The van der Waals surface area contributed by atoms with Crippen molar-refractivity contribution in [3.05, 3.63) is 52.5 Å². The van der Waals surface area contributed by atoms with Crippen LogP contribution in [0.1, 0.15) is 0 Å². The first-order valence-corrected chi connectivity index (χ1v) is 7.93. The number of benzene rings is 2. The number of anilines is 1. The molecule has 1 N–H and O–H groups in total. The van der Waals surface area contributed by atoms with Crippen molar-refractivity contribution in [1.29, 1.82) is 0 Å². The third-order valence-corrected chi connectivity index (χ3v) is 3.49. The van der Waals surface area contributed by atoms with Crippen LogP contribution >= 0.6 is 23.2 Å². The van der Waals surface area contributed by atoms with Crippen molar-refractivity contribution in [2.24, 2.45) is 0 Å². The van der Waals surface area contributed by atoms with Gasteiger partial charge in [-0.05, 0) is 36.4 Å². The van der Waals surface area contributed by atoms with Crippen LogP contribution in [0.15, 0.2) is 42.5 Å². The quantitative estimate of drug-likeness (QED) is 0.713. The van der Waals surface area contributed by atoms with Crippen LogP contribution in [0, 0.1) is 0 Å². The Labute approximate surface area is 150 Å². The van der Waals surface area contributed by atoms with E-state index in [4.69, 9.17) is 37.4 Å². The Morgan fingerprint density at radius 1 is 1.04 bits per heavy atom. The van der Waals surface area contributed by atoms with Crippen molar-refractivity contribution in [2.75, 3.05) is 32.2 Å². The molecule has 0 saturated carbocycles. The van der Waals surface area contributed by atoms with Crippen LogP contribution in [0.4, 0.5) is 5.69 Å². The van der Waals surface area contributed by atoms with Crippen molar-refractivity contribution in [1.82, 2.24) is 0 Å². The summed E-state index contributed by atoms with van der Waals surface area (Å²) in [6.07, 6.45) is 0. The first-order valence-electron chi connectivity index (χ1n) is 7.18. The molecular weight excluding hydrogens is 353 g/mol. The fraction of sp³-hybridized carbons (Fsp3) is 0.235. The average Bonchev–Trinajstić information content (AvgIpc) is 2.57. The van der Waals surface area contributed by atoms with Gasteiger partial charge in [0.05, 0.1) is 11.6 Å². The van der Waals surface area contributed by atoms with Crippen molar-refractivity contribution < 1.29 is 19.0 Å². The molecule has 0 spiro atoms. The van der Waals surface area contributed by atoms with Gasteiger partial charge in [-0.3, -0.25) is 4.79 Å². The maximum Gasteiger partial charge on any atom is 0.262 e. The van der Waals surface area contributed by atoms with Crippen LogP contribution < -0.4 is 14.8 Å². The molecule has 0 aliphatic carbocycles. The van der Waals surface area contributed by atoms with E-state index in [0.29, 0.717) is 40.4 Å². The predicted molar refractivity (Wildman–Crippen MR) is 94.4 cm³/mol. The lowest BCUT2D eigenvalue weighted by molar-refractivity contribution is -0.118. The molecule has 7 heteroatoms. The Morgan fingerprint density at radius 2 is 1.79 bits per heavy atom. The monoisotopic (exact) mass is 369 g/mol. The number of ether oxygens (including phenoxy) is 3. The van der Waals surface area contributed by atoms with Gasteiger partial charge in [0, 0.05) is 23.9 Å². The number of carbonyl (C=O) groups excluding carboxylic acids is 1. The van der Waals surface area contributed by atoms with E-state index in [9.17, 15) is 4.79 Å². The summed E-state index contributed by atoms with van der Waals surface area (Å²) in [5, 5.41) is 3.60. The second-order valence-corrected chi connectivity index (χ2v) is 5.62. The van der Waals surface area contributed by atoms with E-state index in [1.165, 1.54) is 0 Å². The van der Waals surface area contributed by atoms with Gasteiger partial charge in [0.25, 0.3) is 5.91 Å². The number of halogens is 2. The third-order valence-electron chi connectivity index (χ3n) is 2.95. The molecule has 0 fully saturated rings. The maximum absolute atomic E-state index is 11.9. The zero-order valence-corrected chi connectivity index (χ0v) is 14.6. The highest BCUT2D eigenvalue weighted by molar-refractivity contribution is 6.34. The summed E-state index contributed by atoms with van der Waals surface area (Å²) in [5.41, 5.74) is 0.639. The van der Waals surface area contributed by atoms with Gasteiger partial charge in [-0.25, -0.2) is 0 Å². The van der Waals surface area contributed by atoms with E-state index in [0.717, 1.165) is 0 Å². The van der Waals surface area contributed by atoms with Gasteiger partial charge in [-0.15, -0.1) is 0 Å². The highest BCUT2D eigenvalue weighted by atomic mass is 35.5. The lowest BCUT2D eigenvalue weighted by Crippen LogP contribution is -2.20. The zero-order chi connectivity index (χ0) is 17.4. The molecule has 0 aliphatic heterocycles. The number of methoxy groups -OCH3 is 1. The summed E-state index contributed by atoms with van der Waals surface area (Å²) in [6, 6.07) is 11.8. The maximum atomic E-state index is 11.9. The van der Waals surface area contributed by atoms with Crippen LogP contribution in [0.2, 0.25) is 10.0 Å². The van der Waals surface area contributed by atoms with Gasteiger partial charge < -0.3 is 19.5 Å². The summed E-state index contributed by atoms with van der Waals surface area (Å²) in [7, 11) is 1.61. The topological polar surface area (TPSA) is 56.8 Å². The van der Waals surface area contributed by atoms with Crippen molar-refractivity contribution in [3.8, 4) is 11.5 Å². The normalized spacial score (nSPS) is 10.3. The SMILES string of the molecule is COCCOc1ccc(NC(=O)COc2cc(Cl)ccc2Cl)cc1. The van der Waals surface area contributed by atoms with Gasteiger partial charge in [0.1, 0.15) is 18.1 Å². The van der Waals surface area contributed by atoms with Gasteiger partial charge in [-0.2, -0.15) is 0 Å². The minimum absolute atomic E-state index is 0.174. The molecule has 0 bridgehead atoms. The average molecular weight is 370 g/mol. The fourth-order valence-corrected chi connectivity index (χ4v) is 2.14. The molecule has 2 rings (SSSR count). The summed E-state index contributed by atoms with van der Waals surface area (Å²) in [4.78, 5) is 11.9. The predicted octanol–water partition coefficient (Wildman–Crippen LogP) is 4.04. The summed E-state index contributed by atoms with van der Waals surface area (Å²) >= 11 is 11.8. The Bertz CT molecular complexity index is 677. The number of carbonyl (C=O) groups is 1. The summed E-state index contributed by atoms with van der Waals surface area (Å²) in [6.45, 7) is 0.810. The molecule has 2 aromatic rings. The molecule has 128 valence electrons. The highest BCUT2D eigenvalue weighted by Crippen LogP contribution is 2.27. The largest absolute Gasteiger partial charge is 0.491 e. The molecule has 5 nitrogen and oxygen atoms in total. The van der Waals surface area contributed by atoms with Crippen molar-refractivity contribution in [2.45, 2.75) is 0 Å². The Kier molecular flexibility index (Phi) is 7.18. The van der Waals surface area contributed by atoms with Crippen LogP contribution in [-0.2, 0) is 9.53 Å². The smallest absolute Gasteiger partial charge is 0.262 e. The van der Waals surface area contributed by atoms with Crippen LogP contribution in [-0.4, -0.2) is 32.8 Å². The molecular formula is C17H17Cl2NO4. The standard InChI is InChI=1S/C17H17Cl2NO4/c1-22-8-9-23-14-5-3-13(4-6-14)20-17(21)11-24-16-10-12(18)2-7-15(16)19/h2-7,10H,8-9,11H2,1H3,(H,20,21). The number of nitrogens with one attached hydrogen (secondary N) is 1. The molecule has 1 amide bonds. The van der Waals surface area contributed by atoms with Gasteiger partial charge in [0.15, 0.2) is 6.61 Å². The summed E-state index contributed by atoms with van der Waals surface area (Å²) in [5.74, 6) is 0.757. The second kappa shape index (κ2) is 9.37. The van der Waals surface area contributed by atoms with E-state index in [1.807, 2.05) is 0 Å². The van der Waals surface area contributed by atoms with Gasteiger partial charge in [-0.1, -0.05) is 23.2 Å². The molecule has 0 aromatic heterocycles. The lowest BCUT2D eigenvalue weighted by atomic mass is 10.3. The van der Waals surface area contributed by atoms with Gasteiger partial charge in [0.2, 0.25) is 0 Å². The van der Waals surface area contributed by atoms with Crippen LogP contribution in [0.5, 0.6) is 11.5 Å². The highest BCUT2D eigenvalue weighted by Gasteiger charge is 2.07. The molecule has 0 heterocycles. The number of rotatable bonds is 8. The molecule has 24 heavy (non-hydrogen) atoms. The zero-order valence-electron chi connectivity index (χ0n) is 13.1. The minimum Gasteiger partial charge on any atom is -0.491 e. The van der Waals surface area contributed by atoms with E-state index < -0.39 is 0 Å². The molecule has 0 unspecified atom stereocenters. The number of hydrogen-bond acceptors (Lipinski definition) is 4. The second-order valence-electron chi connectivity index (χ2n) is 4.78. The lowest BCUT2D eigenvalue weighted by Gasteiger charge is -2.10. The fourth-order valence-electron chi connectivity index (χ4n) is 1.81. The van der Waals surface area contributed by atoms with Crippen LogP contribution in [0.3, 0.4) is 0 Å². The summed E-state index contributed by atoms with van der Waals surface area (Å²) < 4.78 is 15.7. The molecule has 0 radical (unpaired) electrons. The molecule has 0 aliphatic rings. The Morgan fingerprint density at radius 3 is 2.50 bits per heavy atom. The number of amides is 1. The number of hydrogen-bond donors (Lipinski definition) is 1. The van der Waals surface area contributed by atoms with E-state index in [-0.39, 0.29) is 12.5 Å². The van der Waals surface area contributed by atoms with E-state index in [2.05, 4.69) is 5.32 Å². The minimum atomic E-state index is -0.306. The molecule has 0 saturated heterocycles. The Hall–Kier alpha value is -1.95. The van der Waals surface area contributed by atoms with E-state index >= 15 is 0 Å². The first kappa shape index (κ1) is 18.4. The van der Waals surface area contributed by atoms with E-state index in [1.54, 1.807) is 49.6 Å². The van der Waals surface area contributed by atoms with Gasteiger partial charge >= 0.3 is 0 Å². The van der Waals surface area contributed by atoms with Crippen molar-refractivity contribution in [3.63, 3.8) is 0 Å². The van der Waals surface area contributed by atoms with Crippen molar-refractivity contribution >= 4 is 34.8 Å². The third kappa shape index (κ3) is 5.92. The molecule has 0 atom stereocenters.